The Bertz CT molecular complexity index is 429. The molecule has 10 nitrogen and oxygen atoms in total. The number of hydrogen-bond acceptors (Lipinski definition) is 6. The predicted molar refractivity (Wildman–Crippen MR) is 45.7 cm³/mol. The van der Waals surface area contributed by atoms with Crippen LogP contribution >= 0.6 is 0 Å². The molecular formula is C4H10Cl2N10. The van der Waals surface area contributed by atoms with Gasteiger partial charge in [-0.3, -0.25) is 11.7 Å². The molecule has 2 heterocycles. The van der Waals surface area contributed by atoms with Crippen LogP contribution in [-0.4, -0.2) is 20.4 Å². The minimum Gasteiger partial charge on any atom is -1.00 e. The number of anilines is 2. The Morgan fingerprint density at radius 1 is 0.812 bits per heavy atom. The maximum absolute atomic E-state index is 5.55. The molecule has 12 heteroatoms. The molecule has 0 saturated heterocycles. The quantitative estimate of drug-likeness (QED) is 0.222. The lowest BCUT2D eigenvalue weighted by molar-refractivity contribution is -0.643. The van der Waals surface area contributed by atoms with Gasteiger partial charge < -0.3 is 36.3 Å². The molecule has 2 rings (SSSR count). The monoisotopic (exact) mass is 268 g/mol. The standard InChI is InChI=1S/C4H8N10.2ClH/c5-3-11-9-1(13(3)7)2-10-12-4(6)14(2)8;;/h7-8H2,(H4,5,6,9,10,11,12);2*1H. The van der Waals surface area contributed by atoms with Gasteiger partial charge in [-0.1, -0.05) is 0 Å². The van der Waals surface area contributed by atoms with Gasteiger partial charge in [-0.2, -0.15) is 0 Å². The van der Waals surface area contributed by atoms with Crippen LogP contribution < -0.4 is 57.3 Å². The highest BCUT2D eigenvalue weighted by Crippen LogP contribution is 2.02. The molecule has 90 valence electrons. The van der Waals surface area contributed by atoms with Crippen molar-refractivity contribution >= 4 is 11.9 Å². The molecule has 0 aliphatic carbocycles. The largest absolute Gasteiger partial charge is 1.00 e. The highest BCUT2D eigenvalue weighted by molar-refractivity contribution is 5.35. The van der Waals surface area contributed by atoms with Crippen LogP contribution in [0.4, 0.5) is 11.9 Å². The fourth-order valence-electron chi connectivity index (χ4n) is 0.999. The molecule has 0 unspecified atom stereocenters. The van der Waals surface area contributed by atoms with Crippen LogP contribution in [0.15, 0.2) is 0 Å². The summed E-state index contributed by atoms with van der Waals surface area (Å²) in [5.41, 5.74) is 10.8. The van der Waals surface area contributed by atoms with E-state index in [0.29, 0.717) is 11.6 Å². The summed E-state index contributed by atoms with van der Waals surface area (Å²) in [7, 11) is 0. The van der Waals surface area contributed by atoms with E-state index in [-0.39, 0.29) is 36.7 Å². The number of nitrogen functional groups attached to an aromatic ring is 4. The van der Waals surface area contributed by atoms with E-state index in [1.807, 2.05) is 0 Å². The Balaban J connectivity index is 0.00000112. The third-order valence-corrected chi connectivity index (χ3v) is 1.75. The minimum atomic E-state index is 0. The van der Waals surface area contributed by atoms with E-state index in [0.717, 1.165) is 9.35 Å². The zero-order valence-electron chi connectivity index (χ0n) is 7.85. The first-order valence-electron chi connectivity index (χ1n) is 3.63. The highest BCUT2D eigenvalue weighted by atomic mass is 35.5. The molecular weight excluding hydrogens is 259 g/mol. The van der Waals surface area contributed by atoms with Crippen LogP contribution in [0, 0.1) is 0 Å². The Morgan fingerprint density at radius 3 is 1.31 bits per heavy atom. The Labute approximate surface area is 102 Å². The summed E-state index contributed by atoms with van der Waals surface area (Å²) in [6.45, 7) is 0. The Hall–Kier alpha value is -1.94. The summed E-state index contributed by atoms with van der Waals surface area (Å²) in [5, 5.41) is 12.5. The third-order valence-electron chi connectivity index (χ3n) is 1.75. The van der Waals surface area contributed by atoms with Gasteiger partial charge in [-0.15, -0.1) is 19.5 Å². The van der Waals surface area contributed by atoms with E-state index in [4.69, 9.17) is 23.2 Å². The number of rotatable bonds is 1. The van der Waals surface area contributed by atoms with Crippen molar-refractivity contribution in [2.24, 2.45) is 0 Å². The number of aromatic nitrogens is 6. The van der Waals surface area contributed by atoms with E-state index in [1.54, 1.807) is 0 Å². The van der Waals surface area contributed by atoms with Crippen molar-refractivity contribution in [2.45, 2.75) is 0 Å². The average Bonchev–Trinajstić information content (AvgIpc) is 2.63. The number of halogens is 2. The smallest absolute Gasteiger partial charge is 0.396 e. The molecule has 0 radical (unpaired) electrons. The van der Waals surface area contributed by atoms with Gasteiger partial charge in [0.2, 0.25) is 0 Å². The Kier molecular flexibility index (Phi) is 4.15. The normalized spacial score (nSPS) is 9.25. The molecule has 0 atom stereocenters. The SMILES string of the molecule is Nc1n[nH]c(-c2[nH]nc(N)[n+]2N)[n+]1N.[Cl-].[Cl-]. The van der Waals surface area contributed by atoms with Crippen LogP contribution in [-0.2, 0) is 0 Å². The van der Waals surface area contributed by atoms with Gasteiger partial charge in [-0.05, 0) is 0 Å². The molecule has 2 aromatic rings. The second-order valence-electron chi connectivity index (χ2n) is 2.60. The van der Waals surface area contributed by atoms with E-state index in [1.165, 1.54) is 0 Å². The lowest BCUT2D eigenvalue weighted by atomic mass is 10.6. The van der Waals surface area contributed by atoms with E-state index < -0.39 is 0 Å². The van der Waals surface area contributed by atoms with Gasteiger partial charge in [0, 0.05) is 10.2 Å². The van der Waals surface area contributed by atoms with Crippen molar-refractivity contribution in [3.8, 4) is 11.6 Å². The highest BCUT2D eigenvalue weighted by Gasteiger charge is 2.25. The summed E-state index contributed by atoms with van der Waals surface area (Å²) in [4.78, 5) is 0. The molecule has 0 aromatic carbocycles. The van der Waals surface area contributed by atoms with Gasteiger partial charge in [0.15, 0.2) is 0 Å². The van der Waals surface area contributed by atoms with Crippen LogP contribution in [0.1, 0.15) is 0 Å². The van der Waals surface area contributed by atoms with Gasteiger partial charge in [0.25, 0.3) is 0 Å². The molecule has 0 aliphatic rings. The molecule has 2 aromatic heterocycles. The lowest BCUT2D eigenvalue weighted by Crippen LogP contribution is -3.00. The van der Waals surface area contributed by atoms with Gasteiger partial charge in [0.1, 0.15) is 0 Å². The van der Waals surface area contributed by atoms with E-state index in [9.17, 15) is 0 Å². The minimum absolute atomic E-state index is 0. The lowest BCUT2D eigenvalue weighted by Gasteiger charge is -1.91. The van der Waals surface area contributed by atoms with Crippen molar-refractivity contribution in [3.63, 3.8) is 0 Å². The first-order valence-corrected chi connectivity index (χ1v) is 3.63. The zero-order valence-corrected chi connectivity index (χ0v) is 9.37. The van der Waals surface area contributed by atoms with E-state index in [2.05, 4.69) is 20.4 Å². The maximum atomic E-state index is 5.55. The first-order chi connectivity index (χ1) is 6.61. The van der Waals surface area contributed by atoms with Gasteiger partial charge in [0.05, 0.1) is 0 Å². The summed E-state index contributed by atoms with van der Waals surface area (Å²) >= 11 is 0. The molecule has 0 spiro atoms. The number of hydrogen-bond donors (Lipinski definition) is 6. The summed E-state index contributed by atoms with van der Waals surface area (Å²) < 4.78 is 2.24. The van der Waals surface area contributed by atoms with Crippen molar-refractivity contribution in [3.05, 3.63) is 0 Å². The van der Waals surface area contributed by atoms with Crippen molar-refractivity contribution in [2.75, 3.05) is 23.2 Å². The van der Waals surface area contributed by atoms with Crippen molar-refractivity contribution < 1.29 is 34.2 Å². The van der Waals surface area contributed by atoms with Crippen LogP contribution in [0.2, 0.25) is 0 Å². The first kappa shape index (κ1) is 14.1. The summed E-state index contributed by atoms with van der Waals surface area (Å²) in [5.74, 6) is 12.1. The van der Waals surface area contributed by atoms with Crippen LogP contribution in [0.25, 0.3) is 11.6 Å². The van der Waals surface area contributed by atoms with Crippen molar-refractivity contribution in [1.29, 1.82) is 0 Å². The molecule has 16 heavy (non-hydrogen) atoms. The number of nitrogens with two attached hydrogens (primary N) is 4. The third kappa shape index (κ3) is 1.87. The van der Waals surface area contributed by atoms with Gasteiger partial charge in [-0.25, -0.2) is 0 Å². The molecule has 0 saturated carbocycles. The second kappa shape index (κ2) is 4.72. The molecule has 0 bridgehead atoms. The molecule has 0 amide bonds. The molecule has 0 fully saturated rings. The summed E-state index contributed by atoms with van der Waals surface area (Å²) in [6.07, 6.45) is 0. The fraction of sp³-hybridized carbons (Fsp3) is 0. The Morgan fingerprint density at radius 2 is 1.12 bits per heavy atom. The predicted octanol–water partition coefficient (Wildman–Crippen LogP) is -10.0. The average molecular weight is 269 g/mol. The summed E-state index contributed by atoms with van der Waals surface area (Å²) in [6, 6.07) is 0. The number of aromatic amines is 2. The van der Waals surface area contributed by atoms with Crippen molar-refractivity contribution in [1.82, 2.24) is 20.4 Å². The number of nitrogens with zero attached hydrogens (tertiary/aromatic N) is 4. The van der Waals surface area contributed by atoms with Gasteiger partial charge >= 0.3 is 23.5 Å². The zero-order chi connectivity index (χ0) is 10.3. The van der Waals surface area contributed by atoms with Crippen LogP contribution in [0.5, 0.6) is 0 Å². The second-order valence-corrected chi connectivity index (χ2v) is 2.60. The number of nitrogens with one attached hydrogen (secondary N) is 2. The molecule has 10 N–H and O–H groups in total. The van der Waals surface area contributed by atoms with E-state index >= 15 is 0 Å². The molecule has 0 aliphatic heterocycles. The fourth-order valence-corrected chi connectivity index (χ4v) is 0.999. The maximum Gasteiger partial charge on any atom is 0.396 e. The topological polar surface area (TPSA) is 169 Å². The van der Waals surface area contributed by atoms with Crippen LogP contribution in [0.3, 0.4) is 0 Å². The number of H-pyrrole nitrogens is 2.